The van der Waals surface area contributed by atoms with Crippen molar-refractivity contribution < 1.29 is 4.39 Å². The number of H-pyrrole nitrogens is 1. The molecule has 0 bridgehead atoms. The summed E-state index contributed by atoms with van der Waals surface area (Å²) in [5.41, 5.74) is 3.32. The van der Waals surface area contributed by atoms with E-state index in [9.17, 15) is 4.39 Å². The molecule has 2 atom stereocenters. The predicted molar refractivity (Wildman–Crippen MR) is 113 cm³/mol. The fraction of sp³-hybridized carbons (Fsp3) is 0.190. The number of anilines is 1. The van der Waals surface area contributed by atoms with Gasteiger partial charge in [0.1, 0.15) is 17.4 Å². The van der Waals surface area contributed by atoms with Gasteiger partial charge in [0.15, 0.2) is 17.3 Å². The molecule has 0 radical (unpaired) electrons. The largest absolute Gasteiger partial charge is 0.362 e. The highest BCUT2D eigenvalue weighted by Gasteiger charge is 2.28. The summed E-state index contributed by atoms with van der Waals surface area (Å²) in [6.45, 7) is 2.39. The fourth-order valence-electron chi connectivity index (χ4n) is 3.71. The molecule has 1 aromatic carbocycles. The minimum atomic E-state index is -0.408. The van der Waals surface area contributed by atoms with Crippen molar-refractivity contribution in [3.05, 3.63) is 71.3 Å². The highest BCUT2D eigenvalue weighted by atomic mass is 35.5. The summed E-state index contributed by atoms with van der Waals surface area (Å²) in [6, 6.07) is 4.76. The van der Waals surface area contributed by atoms with E-state index < -0.39 is 5.82 Å². The average molecular weight is 422 g/mol. The molecule has 4 aromatic rings. The van der Waals surface area contributed by atoms with Crippen LogP contribution >= 0.6 is 11.6 Å². The second kappa shape index (κ2) is 7.46. The standard InChI is InChI=1S/C21H17ClFN7/c1-11-4-2-5-12(22)16(11)18-15(29-14-7-3-6-13(23)17(14)30-18)8-24-20-19-21(26-9-25-19)28-10-27-20/h2-7,9-11,16H,8H2,1H3,(H2,24,25,26,27,28). The number of hydrogen-bond acceptors (Lipinski definition) is 6. The molecule has 2 N–H and O–H groups in total. The van der Waals surface area contributed by atoms with Crippen molar-refractivity contribution >= 4 is 39.6 Å². The molecule has 9 heteroatoms. The normalized spacial score (nSPS) is 18.7. The molecule has 0 amide bonds. The lowest BCUT2D eigenvalue weighted by atomic mass is 9.85. The number of benzene rings is 1. The maximum Gasteiger partial charge on any atom is 0.182 e. The Labute approximate surface area is 176 Å². The van der Waals surface area contributed by atoms with E-state index in [0.717, 1.165) is 0 Å². The zero-order valence-corrected chi connectivity index (χ0v) is 16.7. The molecular weight excluding hydrogens is 405 g/mol. The molecule has 150 valence electrons. The summed E-state index contributed by atoms with van der Waals surface area (Å²) in [5, 5.41) is 3.93. The number of aromatic amines is 1. The molecule has 7 nitrogen and oxygen atoms in total. The van der Waals surface area contributed by atoms with Crippen LogP contribution in [-0.2, 0) is 6.54 Å². The highest BCUT2D eigenvalue weighted by molar-refractivity contribution is 6.30. The van der Waals surface area contributed by atoms with Crippen LogP contribution in [0.15, 0.2) is 54.1 Å². The molecule has 0 aliphatic heterocycles. The Balaban J connectivity index is 1.60. The second-order valence-corrected chi connectivity index (χ2v) is 7.55. The van der Waals surface area contributed by atoms with E-state index in [-0.39, 0.29) is 17.4 Å². The SMILES string of the molecule is CC1C=CC=C(Cl)C1c1nc2c(F)cccc2nc1CNc1ncnc2nc[nH]c12. The van der Waals surface area contributed by atoms with Gasteiger partial charge in [-0.2, -0.15) is 0 Å². The smallest absolute Gasteiger partial charge is 0.182 e. The van der Waals surface area contributed by atoms with Gasteiger partial charge in [0.2, 0.25) is 0 Å². The Morgan fingerprint density at radius 3 is 2.97 bits per heavy atom. The van der Waals surface area contributed by atoms with Crippen LogP contribution in [0.5, 0.6) is 0 Å². The highest BCUT2D eigenvalue weighted by Crippen LogP contribution is 2.38. The summed E-state index contributed by atoms with van der Waals surface area (Å²) in [7, 11) is 0. The number of halogens is 2. The zero-order chi connectivity index (χ0) is 20.7. The van der Waals surface area contributed by atoms with Crippen molar-refractivity contribution in [1.29, 1.82) is 0 Å². The lowest BCUT2D eigenvalue weighted by molar-refractivity contribution is 0.598. The zero-order valence-electron chi connectivity index (χ0n) is 16.0. The van der Waals surface area contributed by atoms with E-state index in [2.05, 4.69) is 43.2 Å². The Morgan fingerprint density at radius 2 is 2.10 bits per heavy atom. The fourth-order valence-corrected chi connectivity index (χ4v) is 4.08. The summed E-state index contributed by atoms with van der Waals surface area (Å²) >= 11 is 6.55. The van der Waals surface area contributed by atoms with E-state index in [0.29, 0.717) is 45.5 Å². The van der Waals surface area contributed by atoms with Gasteiger partial charge in [0.05, 0.1) is 29.8 Å². The molecule has 0 fully saturated rings. The van der Waals surface area contributed by atoms with Crippen LogP contribution < -0.4 is 5.32 Å². The van der Waals surface area contributed by atoms with Crippen LogP contribution in [-0.4, -0.2) is 29.9 Å². The topological polar surface area (TPSA) is 92.3 Å². The summed E-state index contributed by atoms with van der Waals surface area (Å²) in [4.78, 5) is 25.0. The van der Waals surface area contributed by atoms with Gasteiger partial charge in [-0.15, -0.1) is 0 Å². The quantitative estimate of drug-likeness (QED) is 0.505. The number of rotatable bonds is 4. The van der Waals surface area contributed by atoms with Gasteiger partial charge in [0.25, 0.3) is 0 Å². The minimum absolute atomic E-state index is 0.0955. The summed E-state index contributed by atoms with van der Waals surface area (Å²) in [5.74, 6) is 0.0818. The molecular formula is C21H17ClFN7. The van der Waals surface area contributed by atoms with Crippen LogP contribution in [0.2, 0.25) is 0 Å². The van der Waals surface area contributed by atoms with Crippen LogP contribution in [0.1, 0.15) is 24.2 Å². The summed E-state index contributed by atoms with van der Waals surface area (Å²) in [6.07, 6.45) is 8.83. The van der Waals surface area contributed by atoms with Gasteiger partial charge in [-0.25, -0.2) is 29.3 Å². The first kappa shape index (κ1) is 18.6. The number of para-hydroxylation sites is 1. The van der Waals surface area contributed by atoms with Crippen molar-refractivity contribution in [2.24, 2.45) is 5.92 Å². The Kier molecular flexibility index (Phi) is 4.63. The maximum atomic E-state index is 14.4. The van der Waals surface area contributed by atoms with Gasteiger partial charge >= 0.3 is 0 Å². The van der Waals surface area contributed by atoms with Crippen molar-refractivity contribution in [2.45, 2.75) is 19.4 Å². The molecule has 1 aliphatic rings. The molecule has 1 aliphatic carbocycles. The van der Waals surface area contributed by atoms with E-state index >= 15 is 0 Å². The van der Waals surface area contributed by atoms with Crippen molar-refractivity contribution in [3.8, 4) is 0 Å². The van der Waals surface area contributed by atoms with Gasteiger partial charge in [-0.05, 0) is 24.1 Å². The number of hydrogen-bond donors (Lipinski definition) is 2. The second-order valence-electron chi connectivity index (χ2n) is 7.11. The first-order valence-electron chi connectivity index (χ1n) is 9.48. The lowest BCUT2D eigenvalue weighted by Crippen LogP contribution is -2.18. The van der Waals surface area contributed by atoms with E-state index in [1.165, 1.54) is 12.4 Å². The van der Waals surface area contributed by atoms with Gasteiger partial charge in [0, 0.05) is 11.0 Å². The third-order valence-corrected chi connectivity index (χ3v) is 5.54. The monoisotopic (exact) mass is 421 g/mol. The predicted octanol–water partition coefficient (Wildman–Crippen LogP) is 4.46. The van der Waals surface area contributed by atoms with Crippen molar-refractivity contribution in [1.82, 2.24) is 29.9 Å². The Hall–Kier alpha value is -3.39. The molecule has 0 saturated carbocycles. The molecule has 5 rings (SSSR count). The third-order valence-electron chi connectivity index (χ3n) is 5.18. The van der Waals surface area contributed by atoms with Crippen molar-refractivity contribution in [2.75, 3.05) is 5.32 Å². The number of fused-ring (bicyclic) bond motifs is 2. The molecule has 30 heavy (non-hydrogen) atoms. The van der Waals surface area contributed by atoms with Crippen LogP contribution in [0.4, 0.5) is 10.2 Å². The number of allylic oxidation sites excluding steroid dienone is 4. The van der Waals surface area contributed by atoms with Gasteiger partial charge < -0.3 is 10.3 Å². The van der Waals surface area contributed by atoms with Crippen LogP contribution in [0.25, 0.3) is 22.2 Å². The number of nitrogens with one attached hydrogen (secondary N) is 2. The minimum Gasteiger partial charge on any atom is -0.362 e. The Bertz CT molecular complexity index is 1310. The first-order chi connectivity index (χ1) is 14.6. The molecule has 3 aromatic heterocycles. The average Bonchev–Trinajstić information content (AvgIpc) is 3.22. The Morgan fingerprint density at radius 1 is 1.20 bits per heavy atom. The first-order valence-corrected chi connectivity index (χ1v) is 9.86. The van der Waals surface area contributed by atoms with Crippen LogP contribution in [0.3, 0.4) is 0 Å². The van der Waals surface area contributed by atoms with E-state index in [1.807, 2.05) is 12.2 Å². The van der Waals surface area contributed by atoms with E-state index in [4.69, 9.17) is 16.6 Å². The third kappa shape index (κ3) is 3.19. The van der Waals surface area contributed by atoms with Gasteiger partial charge in [-0.1, -0.05) is 36.7 Å². The molecule has 3 heterocycles. The number of nitrogens with zero attached hydrogens (tertiary/aromatic N) is 5. The number of imidazole rings is 1. The molecule has 2 unspecified atom stereocenters. The van der Waals surface area contributed by atoms with E-state index in [1.54, 1.807) is 18.5 Å². The lowest BCUT2D eigenvalue weighted by Gasteiger charge is -2.25. The van der Waals surface area contributed by atoms with Crippen LogP contribution in [0, 0.1) is 11.7 Å². The summed E-state index contributed by atoms with van der Waals surface area (Å²) < 4.78 is 14.4. The molecule has 0 spiro atoms. The maximum absolute atomic E-state index is 14.4. The number of aromatic nitrogens is 6. The van der Waals surface area contributed by atoms with Crippen molar-refractivity contribution in [3.63, 3.8) is 0 Å². The van der Waals surface area contributed by atoms with Gasteiger partial charge in [-0.3, -0.25) is 0 Å². The molecule has 0 saturated heterocycles.